The Kier molecular flexibility index (Phi) is 206. The van der Waals surface area contributed by atoms with Gasteiger partial charge in [0.25, 0.3) is 0 Å². The molecule has 0 saturated heterocycles. The molecule has 0 aromatic rings. The van der Waals surface area contributed by atoms with Crippen LogP contribution in [0.4, 0.5) is 0 Å². The summed E-state index contributed by atoms with van der Waals surface area (Å²) in [5.74, 6) is 0. The van der Waals surface area contributed by atoms with Crippen molar-refractivity contribution in [3.8, 4) is 0 Å². The third-order valence-corrected chi connectivity index (χ3v) is 0. The van der Waals surface area contributed by atoms with E-state index in [1.165, 1.54) is 0 Å². The molecular formula is AgLiOV+5. The second kappa shape index (κ2) is 20.8. The third kappa shape index (κ3) is 9.10. The van der Waals surface area contributed by atoms with E-state index < -0.39 is 0 Å². The van der Waals surface area contributed by atoms with Crippen molar-refractivity contribution in [2.75, 3.05) is 0 Å². The minimum Gasteiger partial charge on any atom is -2.00 e. The van der Waals surface area contributed by atoms with Gasteiger partial charge in [0.2, 0.25) is 0 Å². The van der Waals surface area contributed by atoms with E-state index in [4.69, 9.17) is 0 Å². The smallest absolute Gasteiger partial charge is 2.00 e. The van der Waals surface area contributed by atoms with Gasteiger partial charge in [0.05, 0.1) is 0 Å². The summed E-state index contributed by atoms with van der Waals surface area (Å²) in [5, 5.41) is 0. The fourth-order valence-electron chi connectivity index (χ4n) is 0. The first-order valence-electron chi connectivity index (χ1n) is 0. The average molecular weight is 182 g/mol. The summed E-state index contributed by atoms with van der Waals surface area (Å²) in [6, 6.07) is 0. The van der Waals surface area contributed by atoms with Gasteiger partial charge in [-0.05, 0) is 0 Å². The van der Waals surface area contributed by atoms with Crippen molar-refractivity contribution in [2.45, 2.75) is 0 Å². The van der Waals surface area contributed by atoms with Crippen molar-refractivity contribution in [1.29, 1.82) is 0 Å². The van der Waals surface area contributed by atoms with Crippen molar-refractivity contribution in [3.05, 3.63) is 0 Å². The van der Waals surface area contributed by atoms with Crippen molar-refractivity contribution >= 4 is 0 Å². The summed E-state index contributed by atoms with van der Waals surface area (Å²) in [4.78, 5) is 0. The first kappa shape index (κ1) is 39.6. The molecule has 4 heavy (non-hydrogen) atoms. The van der Waals surface area contributed by atoms with Crippen LogP contribution in [0.1, 0.15) is 0 Å². The zero-order valence-corrected chi connectivity index (χ0v) is 5.04. The van der Waals surface area contributed by atoms with Gasteiger partial charge in [0, 0.05) is 0 Å². The normalized spacial score (nSPS) is 0. The fraction of sp³-hybridized carbons (Fsp3) is 0. The minimum atomic E-state index is 0. The Labute approximate surface area is 64.8 Å². The quantitative estimate of drug-likeness (QED) is 0.354. The van der Waals surface area contributed by atoms with E-state index in [0.29, 0.717) is 0 Å². The van der Waals surface area contributed by atoms with Gasteiger partial charge in [0.1, 0.15) is 0 Å². The molecule has 0 rings (SSSR count). The molecule has 0 aromatic carbocycles. The largest absolute Gasteiger partial charge is 5.00 e. The van der Waals surface area contributed by atoms with Gasteiger partial charge in [-0.25, -0.2) is 0 Å². The van der Waals surface area contributed by atoms with Crippen LogP contribution in [0, 0.1) is 0 Å². The molecule has 0 atom stereocenters. The van der Waals surface area contributed by atoms with Crippen molar-refractivity contribution in [1.82, 2.24) is 0 Å². The van der Waals surface area contributed by atoms with Crippen LogP contribution in [0.5, 0.6) is 0 Å². The molecule has 0 unspecified atom stereocenters. The Hall–Kier alpha value is 1.88. The van der Waals surface area contributed by atoms with E-state index in [1.54, 1.807) is 0 Å². The van der Waals surface area contributed by atoms with Crippen molar-refractivity contribution < 1.29 is 65.3 Å². The zero-order chi connectivity index (χ0) is 0. The molecule has 0 aliphatic carbocycles. The first-order valence-corrected chi connectivity index (χ1v) is 0. The van der Waals surface area contributed by atoms with E-state index in [9.17, 15) is 0 Å². The van der Waals surface area contributed by atoms with Gasteiger partial charge in [0.15, 0.2) is 0 Å². The molecule has 4 heteroatoms. The van der Waals surface area contributed by atoms with E-state index in [0.717, 1.165) is 0 Å². The van der Waals surface area contributed by atoms with E-state index in [2.05, 4.69) is 0 Å². The van der Waals surface area contributed by atoms with Crippen LogP contribution in [0.15, 0.2) is 0 Å². The van der Waals surface area contributed by atoms with Crippen molar-refractivity contribution in [2.24, 2.45) is 0 Å². The summed E-state index contributed by atoms with van der Waals surface area (Å²) in [6.07, 6.45) is 0. The number of hydrogen-bond donors (Lipinski definition) is 0. The van der Waals surface area contributed by atoms with Crippen LogP contribution in [0.3, 0.4) is 0 Å². The maximum Gasteiger partial charge on any atom is 5.00 e. The summed E-state index contributed by atoms with van der Waals surface area (Å²) < 4.78 is 0. The van der Waals surface area contributed by atoms with E-state index in [1.807, 2.05) is 0 Å². The molecule has 0 amide bonds. The predicted octanol–water partition coefficient (Wildman–Crippen LogP) is -3.12. The summed E-state index contributed by atoms with van der Waals surface area (Å²) in [6.45, 7) is 0. The predicted molar refractivity (Wildman–Crippen MR) is 0.686 cm³/mol. The Morgan fingerprint density at radius 3 is 1.00 bits per heavy atom. The second-order valence-corrected chi connectivity index (χ2v) is 0. The molecule has 1 nitrogen and oxygen atoms in total. The molecule has 0 aromatic heterocycles. The van der Waals surface area contributed by atoms with Crippen molar-refractivity contribution in [3.63, 3.8) is 0 Å². The topological polar surface area (TPSA) is 28.5 Å². The zero-order valence-electron chi connectivity index (χ0n) is 2.16. The minimum absolute atomic E-state index is 0. The molecule has 0 saturated carbocycles. The summed E-state index contributed by atoms with van der Waals surface area (Å²) in [5.41, 5.74) is 0. The standard InChI is InChI=1S/Ag.Li.O.V/q2*+1;-2;+5. The second-order valence-electron chi connectivity index (χ2n) is 0. The molecule has 18 valence electrons. The fourth-order valence-corrected chi connectivity index (χ4v) is 0. The summed E-state index contributed by atoms with van der Waals surface area (Å²) in [7, 11) is 0. The maximum atomic E-state index is 0. The first-order chi connectivity index (χ1) is 0. The van der Waals surface area contributed by atoms with Crippen LogP contribution >= 0.6 is 0 Å². The van der Waals surface area contributed by atoms with Crippen LogP contribution in [0.25, 0.3) is 0 Å². The molecular weight excluding hydrogens is 182 g/mol. The number of rotatable bonds is 0. The Morgan fingerprint density at radius 2 is 1.00 bits per heavy atom. The Bertz CT molecular complexity index is 8.00. The molecule has 0 heterocycles. The van der Waals surface area contributed by atoms with Gasteiger partial charge in [-0.1, -0.05) is 0 Å². The Morgan fingerprint density at radius 1 is 1.00 bits per heavy atom. The van der Waals surface area contributed by atoms with Crippen LogP contribution in [0.2, 0.25) is 0 Å². The summed E-state index contributed by atoms with van der Waals surface area (Å²) >= 11 is 0. The van der Waals surface area contributed by atoms with Crippen LogP contribution in [-0.2, 0) is 46.4 Å². The van der Waals surface area contributed by atoms with Gasteiger partial charge >= 0.3 is 59.8 Å². The maximum absolute atomic E-state index is 0. The van der Waals surface area contributed by atoms with Gasteiger partial charge in [-0.15, -0.1) is 0 Å². The molecule has 0 N–H and O–H groups in total. The van der Waals surface area contributed by atoms with Crippen LogP contribution in [-0.4, -0.2) is 0 Å². The SMILES string of the molecule is [Ag+].[Li+].[O-2].[V+5]. The average Bonchev–Trinajstić information content (AvgIpc) is 0. The van der Waals surface area contributed by atoms with Gasteiger partial charge < -0.3 is 5.48 Å². The van der Waals surface area contributed by atoms with E-state index >= 15 is 0 Å². The number of hydrogen-bond acceptors (Lipinski definition) is 0. The van der Waals surface area contributed by atoms with E-state index in [-0.39, 0.29) is 65.3 Å². The molecule has 0 spiro atoms. The third-order valence-electron chi connectivity index (χ3n) is 0. The molecule has 0 aliphatic rings. The molecule has 0 fully saturated rings. The molecule has 0 bridgehead atoms. The van der Waals surface area contributed by atoms with Gasteiger partial charge in [-0.3, -0.25) is 0 Å². The monoisotopic (exact) mass is 181 g/mol. The molecule has 0 radical (unpaired) electrons. The molecule has 0 aliphatic heterocycles. The van der Waals surface area contributed by atoms with Gasteiger partial charge in [-0.2, -0.15) is 0 Å². The Balaban J connectivity index is 0. The van der Waals surface area contributed by atoms with Crippen LogP contribution < -0.4 is 18.9 Å².